The molecule has 1 N–H and O–H groups in total. The second kappa shape index (κ2) is 8.97. The quantitative estimate of drug-likeness (QED) is 0.808. The molecular formula is C19H28N6O. The molecule has 7 heteroatoms. The lowest BCUT2D eigenvalue weighted by Gasteiger charge is -2.35. The van der Waals surface area contributed by atoms with Crippen molar-refractivity contribution in [2.24, 2.45) is 0 Å². The SMILES string of the molecule is CN(CCC(=O)N1CCN(c2ccc(C#N)cn2)CC1)C[C@@H]1CCCN1. The highest BCUT2D eigenvalue weighted by molar-refractivity contribution is 5.76. The Morgan fingerprint density at radius 2 is 2.19 bits per heavy atom. The van der Waals surface area contributed by atoms with Gasteiger partial charge in [-0.25, -0.2) is 4.98 Å². The highest BCUT2D eigenvalue weighted by Crippen LogP contribution is 2.14. The number of nitrogens with one attached hydrogen (secondary N) is 1. The minimum atomic E-state index is 0.240. The van der Waals surface area contributed by atoms with Gasteiger partial charge in [-0.05, 0) is 38.6 Å². The number of anilines is 1. The minimum absolute atomic E-state index is 0.240. The highest BCUT2D eigenvalue weighted by atomic mass is 16.2. The van der Waals surface area contributed by atoms with Gasteiger partial charge in [0.1, 0.15) is 11.9 Å². The first-order valence-corrected chi connectivity index (χ1v) is 9.46. The number of carbonyl (C=O) groups is 1. The van der Waals surface area contributed by atoms with Gasteiger partial charge in [0.15, 0.2) is 0 Å². The first-order valence-electron chi connectivity index (χ1n) is 9.46. The van der Waals surface area contributed by atoms with E-state index in [-0.39, 0.29) is 5.91 Å². The van der Waals surface area contributed by atoms with Gasteiger partial charge in [-0.2, -0.15) is 5.26 Å². The van der Waals surface area contributed by atoms with Crippen LogP contribution in [0, 0.1) is 11.3 Å². The molecule has 26 heavy (non-hydrogen) atoms. The van der Waals surface area contributed by atoms with E-state index in [0.29, 0.717) is 18.0 Å². The van der Waals surface area contributed by atoms with E-state index >= 15 is 0 Å². The Kier molecular flexibility index (Phi) is 6.42. The molecule has 2 saturated heterocycles. The first kappa shape index (κ1) is 18.6. The van der Waals surface area contributed by atoms with Crippen molar-refractivity contribution in [3.05, 3.63) is 23.9 Å². The predicted molar refractivity (Wildman–Crippen MR) is 101 cm³/mol. The maximum Gasteiger partial charge on any atom is 0.223 e. The molecule has 0 spiro atoms. The zero-order chi connectivity index (χ0) is 18.4. The summed E-state index contributed by atoms with van der Waals surface area (Å²) in [6.07, 6.45) is 4.68. The van der Waals surface area contributed by atoms with E-state index in [4.69, 9.17) is 5.26 Å². The molecule has 3 heterocycles. The summed E-state index contributed by atoms with van der Waals surface area (Å²) in [6, 6.07) is 6.33. The Balaban J connectivity index is 1.39. The molecule has 2 fully saturated rings. The monoisotopic (exact) mass is 356 g/mol. The Bertz CT molecular complexity index is 626. The van der Waals surface area contributed by atoms with E-state index in [1.54, 1.807) is 12.3 Å². The molecule has 1 atom stereocenters. The van der Waals surface area contributed by atoms with Gasteiger partial charge in [-0.3, -0.25) is 4.79 Å². The third-order valence-corrected chi connectivity index (χ3v) is 5.24. The molecule has 1 amide bonds. The summed E-state index contributed by atoms with van der Waals surface area (Å²) >= 11 is 0. The highest BCUT2D eigenvalue weighted by Gasteiger charge is 2.22. The standard InChI is InChI=1S/C19H28N6O/c1-23(15-17-3-2-7-21-17)8-6-19(26)25-11-9-24(10-12-25)18-5-4-16(13-20)14-22-18/h4-5,14,17,21H,2-3,6-12,15H2,1H3/t17-/m0/s1. The topological polar surface area (TPSA) is 75.5 Å². The lowest BCUT2D eigenvalue weighted by Crippen LogP contribution is -2.49. The van der Waals surface area contributed by atoms with Gasteiger partial charge in [0.05, 0.1) is 5.56 Å². The van der Waals surface area contributed by atoms with E-state index in [0.717, 1.165) is 51.6 Å². The van der Waals surface area contributed by atoms with Crippen molar-refractivity contribution in [1.29, 1.82) is 5.26 Å². The summed E-state index contributed by atoms with van der Waals surface area (Å²) in [6.45, 7) is 5.98. The molecule has 7 nitrogen and oxygen atoms in total. The summed E-state index contributed by atoms with van der Waals surface area (Å²) in [5, 5.41) is 12.3. The van der Waals surface area contributed by atoms with Crippen molar-refractivity contribution < 1.29 is 4.79 Å². The molecule has 3 rings (SSSR count). The third kappa shape index (κ3) is 4.93. The minimum Gasteiger partial charge on any atom is -0.353 e. The summed E-state index contributed by atoms with van der Waals surface area (Å²) in [4.78, 5) is 23.2. The molecule has 1 aromatic heterocycles. The van der Waals surface area contributed by atoms with E-state index in [2.05, 4.69) is 33.2 Å². The Labute approximate surface area is 155 Å². The van der Waals surface area contributed by atoms with Crippen LogP contribution in [0.3, 0.4) is 0 Å². The predicted octanol–water partition coefficient (Wildman–Crippen LogP) is 0.676. The van der Waals surface area contributed by atoms with Crippen LogP contribution in [0.1, 0.15) is 24.8 Å². The average Bonchev–Trinajstić information content (AvgIpc) is 3.19. The summed E-state index contributed by atoms with van der Waals surface area (Å²) in [7, 11) is 2.10. The van der Waals surface area contributed by atoms with Gasteiger partial charge in [0.2, 0.25) is 5.91 Å². The molecule has 0 aromatic carbocycles. The van der Waals surface area contributed by atoms with Crippen molar-refractivity contribution in [2.75, 3.05) is 57.8 Å². The lowest BCUT2D eigenvalue weighted by atomic mass is 10.2. The molecule has 140 valence electrons. The summed E-state index contributed by atoms with van der Waals surface area (Å²) in [5.74, 6) is 1.11. The smallest absolute Gasteiger partial charge is 0.223 e. The van der Waals surface area contributed by atoms with Gasteiger partial charge in [0, 0.05) is 57.9 Å². The number of nitrogens with zero attached hydrogens (tertiary/aromatic N) is 5. The van der Waals surface area contributed by atoms with E-state index in [1.807, 2.05) is 11.0 Å². The van der Waals surface area contributed by atoms with Crippen molar-refractivity contribution >= 4 is 11.7 Å². The average molecular weight is 356 g/mol. The van der Waals surface area contributed by atoms with Crippen LogP contribution >= 0.6 is 0 Å². The zero-order valence-electron chi connectivity index (χ0n) is 15.5. The summed E-state index contributed by atoms with van der Waals surface area (Å²) < 4.78 is 0. The fraction of sp³-hybridized carbons (Fsp3) is 0.632. The fourth-order valence-corrected chi connectivity index (χ4v) is 3.65. The molecule has 2 aliphatic rings. The van der Waals surface area contributed by atoms with Crippen molar-refractivity contribution in [3.63, 3.8) is 0 Å². The molecule has 0 saturated carbocycles. The van der Waals surface area contributed by atoms with Crippen LogP contribution in [0.25, 0.3) is 0 Å². The normalized spacial score (nSPS) is 20.4. The molecule has 0 aliphatic carbocycles. The van der Waals surface area contributed by atoms with Crippen LogP contribution in [0.5, 0.6) is 0 Å². The maximum atomic E-state index is 12.5. The summed E-state index contributed by atoms with van der Waals surface area (Å²) in [5.41, 5.74) is 0.569. The number of carbonyl (C=O) groups excluding carboxylic acids is 1. The van der Waals surface area contributed by atoms with Gasteiger partial charge in [-0.1, -0.05) is 0 Å². The van der Waals surface area contributed by atoms with Gasteiger partial charge < -0.3 is 20.0 Å². The number of hydrogen-bond donors (Lipinski definition) is 1. The van der Waals surface area contributed by atoms with Crippen molar-refractivity contribution in [1.82, 2.24) is 20.1 Å². The van der Waals surface area contributed by atoms with E-state index in [9.17, 15) is 4.79 Å². The molecule has 1 aromatic rings. The van der Waals surface area contributed by atoms with Crippen LogP contribution in [0.2, 0.25) is 0 Å². The Morgan fingerprint density at radius 1 is 1.38 bits per heavy atom. The molecule has 2 aliphatic heterocycles. The van der Waals surface area contributed by atoms with Gasteiger partial charge >= 0.3 is 0 Å². The number of pyridine rings is 1. The van der Waals surface area contributed by atoms with E-state index < -0.39 is 0 Å². The van der Waals surface area contributed by atoms with Crippen LogP contribution in [-0.2, 0) is 4.79 Å². The number of aromatic nitrogens is 1. The van der Waals surface area contributed by atoms with Gasteiger partial charge in [0.25, 0.3) is 0 Å². The largest absolute Gasteiger partial charge is 0.353 e. The lowest BCUT2D eigenvalue weighted by molar-refractivity contribution is -0.131. The Hall–Kier alpha value is -2.17. The fourth-order valence-electron chi connectivity index (χ4n) is 3.65. The zero-order valence-corrected chi connectivity index (χ0v) is 15.5. The number of rotatable bonds is 6. The molecule has 0 bridgehead atoms. The number of likely N-dealkylation sites (N-methyl/N-ethyl adjacent to an activating group) is 1. The van der Waals surface area contributed by atoms with Gasteiger partial charge in [-0.15, -0.1) is 0 Å². The van der Waals surface area contributed by atoms with E-state index in [1.165, 1.54) is 12.8 Å². The Morgan fingerprint density at radius 3 is 2.81 bits per heavy atom. The number of piperazine rings is 1. The second-order valence-corrected chi connectivity index (χ2v) is 7.19. The van der Waals surface area contributed by atoms with Crippen LogP contribution in [0.4, 0.5) is 5.82 Å². The van der Waals surface area contributed by atoms with Crippen molar-refractivity contribution in [3.8, 4) is 6.07 Å². The molecular weight excluding hydrogens is 328 g/mol. The first-order chi connectivity index (χ1) is 12.7. The van der Waals surface area contributed by atoms with Crippen molar-refractivity contribution in [2.45, 2.75) is 25.3 Å². The molecule has 0 unspecified atom stereocenters. The third-order valence-electron chi connectivity index (χ3n) is 5.24. The van der Waals surface area contributed by atoms with Crippen LogP contribution in [-0.4, -0.2) is 79.6 Å². The number of nitriles is 1. The van der Waals surface area contributed by atoms with Crippen LogP contribution in [0.15, 0.2) is 18.3 Å². The second-order valence-electron chi connectivity index (χ2n) is 7.19. The number of amides is 1. The maximum absolute atomic E-state index is 12.5. The molecule has 0 radical (unpaired) electrons. The van der Waals surface area contributed by atoms with Crippen LogP contribution < -0.4 is 10.2 Å². The number of hydrogen-bond acceptors (Lipinski definition) is 6.